The molecule has 1 aliphatic rings. The molecular formula is C24H32N2O2S2. The summed E-state index contributed by atoms with van der Waals surface area (Å²) in [6.45, 7) is 5.58. The topological polar surface area (TPSA) is 59.1 Å². The molecule has 0 radical (unpaired) electrons. The third-order valence-electron chi connectivity index (χ3n) is 5.43. The van der Waals surface area contributed by atoms with Crippen LogP contribution in [0.15, 0.2) is 34.7 Å². The molecule has 0 spiro atoms. The van der Waals surface area contributed by atoms with Crippen molar-refractivity contribution in [3.8, 4) is 0 Å². The normalized spacial score (nSPS) is 16.0. The maximum atomic E-state index is 13.1. The summed E-state index contributed by atoms with van der Waals surface area (Å²) in [6, 6.07) is 9.21. The molecule has 4 nitrogen and oxygen atoms in total. The SMILES string of the molecule is CC(C)(C)C(=O)Nc1nc(SCC2CCCCCCC2)sc1C(=O)c1ccccc1. The van der Waals surface area contributed by atoms with Gasteiger partial charge in [0.2, 0.25) is 11.7 Å². The van der Waals surface area contributed by atoms with E-state index in [1.54, 1.807) is 23.9 Å². The number of hydrogen-bond acceptors (Lipinski definition) is 5. The number of ketones is 1. The van der Waals surface area contributed by atoms with E-state index in [9.17, 15) is 9.59 Å². The maximum absolute atomic E-state index is 13.1. The molecule has 0 aliphatic heterocycles. The Morgan fingerprint density at radius 1 is 1.07 bits per heavy atom. The van der Waals surface area contributed by atoms with Gasteiger partial charge in [-0.2, -0.15) is 0 Å². The van der Waals surface area contributed by atoms with Crippen LogP contribution in [0.5, 0.6) is 0 Å². The summed E-state index contributed by atoms with van der Waals surface area (Å²) in [7, 11) is 0. The molecule has 1 aromatic carbocycles. The summed E-state index contributed by atoms with van der Waals surface area (Å²) in [4.78, 5) is 30.9. The molecule has 0 atom stereocenters. The van der Waals surface area contributed by atoms with Gasteiger partial charge in [-0.1, -0.05) is 95.0 Å². The number of benzene rings is 1. The minimum Gasteiger partial charge on any atom is -0.309 e. The minimum absolute atomic E-state index is 0.0879. The van der Waals surface area contributed by atoms with Crippen molar-refractivity contribution in [2.45, 2.75) is 70.1 Å². The lowest BCUT2D eigenvalue weighted by Gasteiger charge is -2.18. The molecule has 2 aromatic rings. The first kappa shape index (κ1) is 23.0. The van der Waals surface area contributed by atoms with Gasteiger partial charge < -0.3 is 5.32 Å². The third kappa shape index (κ3) is 6.42. The first-order chi connectivity index (χ1) is 14.3. The van der Waals surface area contributed by atoms with Crippen LogP contribution in [0.2, 0.25) is 0 Å². The summed E-state index contributed by atoms with van der Waals surface area (Å²) in [6.07, 6.45) is 9.24. The lowest BCUT2D eigenvalue weighted by atomic mass is 9.93. The summed E-state index contributed by atoms with van der Waals surface area (Å²) in [5, 5.41) is 2.90. The van der Waals surface area contributed by atoms with Crippen LogP contribution in [0.1, 0.15) is 81.0 Å². The Labute approximate surface area is 188 Å². The Kier molecular flexibility index (Phi) is 8.12. The van der Waals surface area contributed by atoms with Gasteiger partial charge in [0.15, 0.2) is 10.2 Å². The van der Waals surface area contributed by atoms with Crippen LogP contribution in [0.3, 0.4) is 0 Å². The number of aromatic nitrogens is 1. The molecule has 0 saturated heterocycles. The molecular weight excluding hydrogens is 412 g/mol. The van der Waals surface area contributed by atoms with E-state index in [1.807, 2.05) is 39.0 Å². The molecule has 1 fully saturated rings. The zero-order valence-corrected chi connectivity index (χ0v) is 19.8. The van der Waals surface area contributed by atoms with Gasteiger partial charge in [0, 0.05) is 16.7 Å². The van der Waals surface area contributed by atoms with Crippen LogP contribution in [0.25, 0.3) is 0 Å². The van der Waals surface area contributed by atoms with Gasteiger partial charge in [0.25, 0.3) is 0 Å². The van der Waals surface area contributed by atoms with E-state index >= 15 is 0 Å². The standard InChI is InChI=1S/C24H32N2O2S2/c1-24(2,3)22(28)25-21-20(19(27)18-14-10-7-11-15-18)30-23(26-21)29-16-17-12-8-5-4-6-9-13-17/h7,10-11,14-15,17H,4-6,8-9,12-13,16H2,1-3H3,(H,25,28). The van der Waals surface area contributed by atoms with Crippen molar-refractivity contribution in [3.63, 3.8) is 0 Å². The fourth-order valence-electron chi connectivity index (χ4n) is 3.51. The Bertz CT molecular complexity index is 848. The number of hydrogen-bond donors (Lipinski definition) is 1. The second-order valence-corrected chi connectivity index (χ2v) is 11.3. The van der Waals surface area contributed by atoms with Crippen molar-refractivity contribution in [2.24, 2.45) is 11.3 Å². The highest BCUT2D eigenvalue weighted by atomic mass is 32.2. The van der Waals surface area contributed by atoms with Crippen molar-refractivity contribution in [2.75, 3.05) is 11.1 Å². The molecule has 1 N–H and O–H groups in total. The number of thioether (sulfide) groups is 1. The van der Waals surface area contributed by atoms with E-state index in [2.05, 4.69) is 10.3 Å². The van der Waals surface area contributed by atoms with Crippen molar-refractivity contribution in [3.05, 3.63) is 40.8 Å². The van der Waals surface area contributed by atoms with Gasteiger partial charge in [-0.05, 0) is 18.8 Å². The van der Waals surface area contributed by atoms with Gasteiger partial charge in [-0.15, -0.1) is 11.3 Å². The van der Waals surface area contributed by atoms with E-state index in [1.165, 1.54) is 56.3 Å². The van der Waals surface area contributed by atoms with Crippen LogP contribution in [0, 0.1) is 11.3 Å². The van der Waals surface area contributed by atoms with E-state index in [0.29, 0.717) is 22.2 Å². The van der Waals surface area contributed by atoms with Crippen molar-refractivity contribution >= 4 is 40.6 Å². The molecule has 162 valence electrons. The summed E-state index contributed by atoms with van der Waals surface area (Å²) in [5.74, 6) is 1.91. The monoisotopic (exact) mass is 444 g/mol. The number of amides is 1. The molecule has 1 amide bonds. The second-order valence-electron chi connectivity index (χ2n) is 9.08. The number of anilines is 1. The predicted octanol–water partition coefficient (Wildman–Crippen LogP) is 6.81. The number of carbonyl (C=O) groups excluding carboxylic acids is 2. The first-order valence-electron chi connectivity index (χ1n) is 10.9. The Balaban J connectivity index is 1.78. The van der Waals surface area contributed by atoms with Crippen LogP contribution in [-0.2, 0) is 4.79 Å². The Hall–Kier alpha value is -1.66. The van der Waals surface area contributed by atoms with Crippen LogP contribution in [0.4, 0.5) is 5.82 Å². The summed E-state index contributed by atoms with van der Waals surface area (Å²) >= 11 is 3.13. The molecule has 6 heteroatoms. The predicted molar refractivity (Wildman–Crippen MR) is 127 cm³/mol. The fraction of sp³-hybridized carbons (Fsp3) is 0.542. The van der Waals surface area contributed by atoms with E-state index in [0.717, 1.165) is 10.1 Å². The highest BCUT2D eigenvalue weighted by Crippen LogP contribution is 2.35. The van der Waals surface area contributed by atoms with Crippen molar-refractivity contribution in [1.29, 1.82) is 0 Å². The third-order valence-corrected chi connectivity index (χ3v) is 7.86. The van der Waals surface area contributed by atoms with Crippen LogP contribution < -0.4 is 5.32 Å². The zero-order chi connectivity index (χ0) is 21.6. The second kappa shape index (κ2) is 10.6. The summed E-state index contributed by atoms with van der Waals surface area (Å²) < 4.78 is 0.862. The molecule has 0 unspecified atom stereocenters. The molecule has 1 saturated carbocycles. The van der Waals surface area contributed by atoms with Gasteiger partial charge in [-0.3, -0.25) is 9.59 Å². The van der Waals surface area contributed by atoms with Gasteiger partial charge in [0.05, 0.1) is 0 Å². The summed E-state index contributed by atoms with van der Waals surface area (Å²) in [5.41, 5.74) is 0.0621. The van der Waals surface area contributed by atoms with E-state index in [-0.39, 0.29) is 11.7 Å². The maximum Gasteiger partial charge on any atom is 0.230 e. The quantitative estimate of drug-likeness (QED) is 0.393. The molecule has 1 aromatic heterocycles. The van der Waals surface area contributed by atoms with Gasteiger partial charge in [0.1, 0.15) is 4.88 Å². The molecule has 1 aliphatic carbocycles. The number of nitrogens with zero attached hydrogens (tertiary/aromatic N) is 1. The fourth-order valence-corrected chi connectivity index (χ4v) is 5.79. The Morgan fingerprint density at radius 2 is 1.70 bits per heavy atom. The highest BCUT2D eigenvalue weighted by molar-refractivity contribution is 8.01. The lowest BCUT2D eigenvalue weighted by molar-refractivity contribution is -0.123. The van der Waals surface area contributed by atoms with E-state index in [4.69, 9.17) is 0 Å². The largest absolute Gasteiger partial charge is 0.309 e. The van der Waals surface area contributed by atoms with Gasteiger partial charge >= 0.3 is 0 Å². The smallest absolute Gasteiger partial charge is 0.230 e. The molecule has 0 bridgehead atoms. The molecule has 3 rings (SSSR count). The zero-order valence-electron chi connectivity index (χ0n) is 18.2. The average Bonchev–Trinajstić information content (AvgIpc) is 3.09. The molecule has 1 heterocycles. The number of carbonyl (C=O) groups is 2. The van der Waals surface area contributed by atoms with Crippen LogP contribution >= 0.6 is 23.1 Å². The lowest BCUT2D eigenvalue weighted by Crippen LogP contribution is -2.28. The minimum atomic E-state index is -0.553. The van der Waals surface area contributed by atoms with Crippen molar-refractivity contribution in [1.82, 2.24) is 4.98 Å². The highest BCUT2D eigenvalue weighted by Gasteiger charge is 2.27. The molecule has 30 heavy (non-hydrogen) atoms. The van der Waals surface area contributed by atoms with Crippen molar-refractivity contribution < 1.29 is 9.59 Å². The first-order valence-corrected chi connectivity index (χ1v) is 12.7. The van der Waals surface area contributed by atoms with Crippen LogP contribution in [-0.4, -0.2) is 22.4 Å². The number of nitrogens with one attached hydrogen (secondary N) is 1. The number of thiazole rings is 1. The van der Waals surface area contributed by atoms with E-state index < -0.39 is 5.41 Å². The average molecular weight is 445 g/mol. The van der Waals surface area contributed by atoms with Gasteiger partial charge in [-0.25, -0.2) is 4.98 Å². The number of rotatable bonds is 6. The Morgan fingerprint density at radius 3 is 2.33 bits per heavy atom.